The summed E-state index contributed by atoms with van der Waals surface area (Å²) in [7, 11) is 0. The molecule has 0 unspecified atom stereocenters. The third-order valence-electron chi connectivity index (χ3n) is 13.0. The van der Waals surface area contributed by atoms with Crippen LogP contribution in [0.5, 0.6) is 0 Å². The number of unbranched alkanes of at least 4 members (excludes halogenated alkanes) is 36. The molecule has 0 bridgehead atoms. The van der Waals surface area contributed by atoms with Gasteiger partial charge in [-0.15, -0.1) is 0 Å². The lowest BCUT2D eigenvalue weighted by atomic mass is 10.0. The van der Waals surface area contributed by atoms with Crippen LogP contribution in [0.15, 0.2) is 0 Å². The fourth-order valence-corrected chi connectivity index (χ4v) is 8.70. The SMILES string of the molecule is CCCCCCCCCCCCC(=O)OC[C@@H](COC(=O)CCCCCCCCCCCCCCCCCC(C)C)OC(=O)CCCCCCCCCCCCCCCCC(C)C. The lowest BCUT2D eigenvalue weighted by Crippen LogP contribution is -2.30. The monoisotopic (exact) mass is 891 g/mol. The molecule has 0 rings (SSSR count). The second-order valence-corrected chi connectivity index (χ2v) is 20.5. The van der Waals surface area contributed by atoms with Crippen molar-refractivity contribution in [1.29, 1.82) is 0 Å². The Hall–Kier alpha value is -1.59. The van der Waals surface area contributed by atoms with Gasteiger partial charge in [0.1, 0.15) is 13.2 Å². The zero-order valence-electron chi connectivity index (χ0n) is 43.2. The van der Waals surface area contributed by atoms with Gasteiger partial charge in [0.2, 0.25) is 0 Å². The van der Waals surface area contributed by atoms with Crippen LogP contribution in [0.4, 0.5) is 0 Å². The van der Waals surface area contributed by atoms with Gasteiger partial charge in [0, 0.05) is 19.3 Å². The van der Waals surface area contributed by atoms with Gasteiger partial charge in [-0.3, -0.25) is 14.4 Å². The molecule has 63 heavy (non-hydrogen) atoms. The standard InChI is InChI=1S/C57H110O6/c1-6-7-8-9-10-11-27-32-37-42-47-55(58)61-50-54(63-57(60)49-44-39-34-29-24-20-16-15-18-22-26-31-36-41-46-53(4)5)51-62-56(59)48-43-38-33-28-23-19-14-12-13-17-21-25-30-35-40-45-52(2)3/h52-54H,6-51H2,1-5H3/t54-/m0/s1. The van der Waals surface area contributed by atoms with E-state index in [0.717, 1.165) is 69.6 Å². The molecule has 0 aliphatic rings. The Bertz CT molecular complexity index is 962. The van der Waals surface area contributed by atoms with E-state index < -0.39 is 6.10 Å². The number of ether oxygens (including phenoxy) is 3. The van der Waals surface area contributed by atoms with E-state index in [2.05, 4.69) is 34.6 Å². The largest absolute Gasteiger partial charge is 0.462 e. The Kier molecular flexibility index (Phi) is 48.6. The summed E-state index contributed by atoms with van der Waals surface area (Å²) in [6.07, 6.45) is 52.4. The predicted molar refractivity (Wildman–Crippen MR) is 270 cm³/mol. The van der Waals surface area contributed by atoms with Gasteiger partial charge < -0.3 is 14.2 Å². The van der Waals surface area contributed by atoms with Crippen LogP contribution in [0.1, 0.15) is 317 Å². The average Bonchev–Trinajstić information content (AvgIpc) is 3.25. The first-order valence-corrected chi connectivity index (χ1v) is 28.2. The maximum atomic E-state index is 12.8. The van der Waals surface area contributed by atoms with Gasteiger partial charge in [0.25, 0.3) is 0 Å². The molecule has 1 atom stereocenters. The van der Waals surface area contributed by atoms with Gasteiger partial charge in [-0.05, 0) is 31.1 Å². The van der Waals surface area contributed by atoms with Crippen LogP contribution in [0.2, 0.25) is 0 Å². The number of esters is 3. The third kappa shape index (κ3) is 51.3. The number of hydrogen-bond donors (Lipinski definition) is 0. The number of hydrogen-bond acceptors (Lipinski definition) is 6. The highest BCUT2D eigenvalue weighted by molar-refractivity contribution is 5.71. The summed E-state index contributed by atoms with van der Waals surface area (Å²) in [5.41, 5.74) is 0. The molecule has 0 heterocycles. The Morgan fingerprint density at radius 2 is 0.524 bits per heavy atom. The number of carbonyl (C=O) groups is 3. The van der Waals surface area contributed by atoms with Crippen molar-refractivity contribution in [3.63, 3.8) is 0 Å². The zero-order valence-corrected chi connectivity index (χ0v) is 43.2. The Labute approximate surface area is 393 Å². The van der Waals surface area contributed by atoms with Crippen LogP contribution in [-0.2, 0) is 28.6 Å². The molecule has 0 aliphatic heterocycles. The maximum absolute atomic E-state index is 12.8. The summed E-state index contributed by atoms with van der Waals surface area (Å²) in [6.45, 7) is 11.4. The first kappa shape index (κ1) is 61.4. The Morgan fingerprint density at radius 3 is 0.778 bits per heavy atom. The van der Waals surface area contributed by atoms with Crippen molar-refractivity contribution in [2.24, 2.45) is 11.8 Å². The second-order valence-electron chi connectivity index (χ2n) is 20.5. The molecule has 0 aromatic rings. The lowest BCUT2D eigenvalue weighted by molar-refractivity contribution is -0.167. The predicted octanol–water partition coefficient (Wildman–Crippen LogP) is 18.5. The maximum Gasteiger partial charge on any atom is 0.306 e. The summed E-state index contributed by atoms with van der Waals surface area (Å²) < 4.78 is 16.9. The van der Waals surface area contributed by atoms with E-state index in [9.17, 15) is 14.4 Å². The van der Waals surface area contributed by atoms with Crippen LogP contribution in [0.25, 0.3) is 0 Å². The molecular formula is C57H110O6. The van der Waals surface area contributed by atoms with Gasteiger partial charge >= 0.3 is 17.9 Å². The van der Waals surface area contributed by atoms with Crippen molar-refractivity contribution in [1.82, 2.24) is 0 Å². The second kappa shape index (κ2) is 49.8. The van der Waals surface area contributed by atoms with Crippen LogP contribution >= 0.6 is 0 Å². The van der Waals surface area contributed by atoms with Gasteiger partial charge in [-0.25, -0.2) is 0 Å². The topological polar surface area (TPSA) is 78.9 Å². The summed E-state index contributed by atoms with van der Waals surface area (Å²) in [4.78, 5) is 38.0. The van der Waals surface area contributed by atoms with Crippen LogP contribution < -0.4 is 0 Å². The van der Waals surface area contributed by atoms with Crippen molar-refractivity contribution < 1.29 is 28.6 Å². The molecule has 0 aromatic carbocycles. The molecule has 6 heteroatoms. The molecule has 0 amide bonds. The van der Waals surface area contributed by atoms with Crippen LogP contribution in [-0.4, -0.2) is 37.2 Å². The molecule has 0 fully saturated rings. The van der Waals surface area contributed by atoms with E-state index in [4.69, 9.17) is 14.2 Å². The van der Waals surface area contributed by atoms with E-state index in [1.165, 1.54) is 205 Å². The fourth-order valence-electron chi connectivity index (χ4n) is 8.70. The molecule has 0 saturated heterocycles. The van der Waals surface area contributed by atoms with Gasteiger partial charge in [0.15, 0.2) is 6.10 Å². The lowest BCUT2D eigenvalue weighted by Gasteiger charge is -2.18. The van der Waals surface area contributed by atoms with E-state index in [1.807, 2.05) is 0 Å². The Balaban J connectivity index is 4.25. The van der Waals surface area contributed by atoms with Crippen molar-refractivity contribution >= 4 is 17.9 Å². The van der Waals surface area contributed by atoms with Gasteiger partial charge in [-0.1, -0.05) is 279 Å². The highest BCUT2D eigenvalue weighted by atomic mass is 16.6. The smallest absolute Gasteiger partial charge is 0.306 e. The normalized spacial score (nSPS) is 12.0. The van der Waals surface area contributed by atoms with E-state index in [1.54, 1.807) is 0 Å². The molecule has 0 aromatic heterocycles. The summed E-state index contributed by atoms with van der Waals surface area (Å²) in [5.74, 6) is 0.850. The minimum absolute atomic E-state index is 0.0628. The summed E-state index contributed by atoms with van der Waals surface area (Å²) in [6, 6.07) is 0. The Morgan fingerprint density at radius 1 is 0.302 bits per heavy atom. The summed E-state index contributed by atoms with van der Waals surface area (Å²) >= 11 is 0. The van der Waals surface area contributed by atoms with E-state index in [0.29, 0.717) is 19.3 Å². The molecule has 6 nitrogen and oxygen atoms in total. The molecular weight excluding hydrogens is 781 g/mol. The zero-order chi connectivity index (χ0) is 46.1. The summed E-state index contributed by atoms with van der Waals surface area (Å²) in [5, 5.41) is 0. The average molecular weight is 892 g/mol. The molecule has 0 saturated carbocycles. The van der Waals surface area contributed by atoms with E-state index in [-0.39, 0.29) is 31.1 Å². The molecule has 0 radical (unpaired) electrons. The van der Waals surface area contributed by atoms with Crippen LogP contribution in [0, 0.1) is 11.8 Å². The number of rotatable bonds is 51. The molecule has 374 valence electrons. The fraction of sp³-hybridized carbons (Fsp3) is 0.947. The van der Waals surface area contributed by atoms with Crippen LogP contribution in [0.3, 0.4) is 0 Å². The first-order valence-electron chi connectivity index (χ1n) is 28.2. The third-order valence-corrected chi connectivity index (χ3v) is 13.0. The quantitative estimate of drug-likeness (QED) is 0.0344. The van der Waals surface area contributed by atoms with Crippen molar-refractivity contribution in [3.8, 4) is 0 Å². The van der Waals surface area contributed by atoms with E-state index >= 15 is 0 Å². The molecule has 0 N–H and O–H groups in total. The van der Waals surface area contributed by atoms with Crippen molar-refractivity contribution in [2.45, 2.75) is 323 Å². The van der Waals surface area contributed by atoms with Gasteiger partial charge in [-0.2, -0.15) is 0 Å². The highest BCUT2D eigenvalue weighted by Gasteiger charge is 2.19. The van der Waals surface area contributed by atoms with Crippen molar-refractivity contribution in [2.75, 3.05) is 13.2 Å². The van der Waals surface area contributed by atoms with Gasteiger partial charge in [0.05, 0.1) is 0 Å². The molecule has 0 spiro atoms. The minimum Gasteiger partial charge on any atom is -0.462 e. The molecule has 0 aliphatic carbocycles. The van der Waals surface area contributed by atoms with Crippen molar-refractivity contribution in [3.05, 3.63) is 0 Å². The minimum atomic E-state index is -0.762. The highest BCUT2D eigenvalue weighted by Crippen LogP contribution is 2.18. The number of carbonyl (C=O) groups excluding carboxylic acids is 3. The first-order chi connectivity index (χ1) is 30.7.